The van der Waals surface area contributed by atoms with E-state index >= 15 is 0 Å². The van der Waals surface area contributed by atoms with E-state index in [1.165, 1.54) is 32.1 Å². The Labute approximate surface area is 295 Å². The largest absolute Gasteiger partial charge is 0.462 e. The molecule has 10 heteroatoms. The van der Waals surface area contributed by atoms with E-state index in [-0.39, 0.29) is 26.1 Å². The van der Waals surface area contributed by atoms with Gasteiger partial charge < -0.3 is 39.4 Å². The zero-order chi connectivity index (χ0) is 36.0. The highest BCUT2D eigenvalue weighted by atomic mass is 16.7. The molecule has 0 bridgehead atoms. The van der Waals surface area contributed by atoms with E-state index in [2.05, 4.69) is 50.3 Å². The summed E-state index contributed by atoms with van der Waals surface area (Å²) in [6.07, 6.45) is 24.5. The van der Waals surface area contributed by atoms with Gasteiger partial charge in [0, 0.05) is 12.8 Å². The molecule has 0 spiro atoms. The molecular formula is C39H68O10. The molecule has 0 saturated carbocycles. The Bertz CT molecular complexity index is 902. The zero-order valence-corrected chi connectivity index (χ0v) is 30.4. The van der Waals surface area contributed by atoms with Crippen LogP contribution < -0.4 is 0 Å². The number of aliphatic hydroxyl groups is 4. The molecule has 0 aromatic heterocycles. The molecule has 1 rings (SSSR count). The first-order chi connectivity index (χ1) is 23.8. The average Bonchev–Trinajstić information content (AvgIpc) is 3.10. The summed E-state index contributed by atoms with van der Waals surface area (Å²) in [4.78, 5) is 25.1. The third kappa shape index (κ3) is 23.1. The summed E-state index contributed by atoms with van der Waals surface area (Å²) in [6.45, 7) is 3.24. The Balaban J connectivity index is 2.40. The van der Waals surface area contributed by atoms with Crippen molar-refractivity contribution in [2.24, 2.45) is 0 Å². The summed E-state index contributed by atoms with van der Waals surface area (Å²) in [5.74, 6) is -0.832. The fraction of sp³-hybridized carbons (Fsp3) is 0.795. The molecule has 1 aliphatic rings. The molecular weight excluding hydrogens is 628 g/mol. The predicted octanol–water partition coefficient (Wildman–Crippen LogP) is 6.77. The topological polar surface area (TPSA) is 152 Å². The minimum absolute atomic E-state index is 0.225. The number of carbonyl (C=O) groups excluding carboxylic acids is 2. The van der Waals surface area contributed by atoms with E-state index < -0.39 is 55.4 Å². The Morgan fingerprint density at radius 1 is 0.653 bits per heavy atom. The highest BCUT2D eigenvalue weighted by Gasteiger charge is 2.44. The van der Waals surface area contributed by atoms with Crippen molar-refractivity contribution in [3.8, 4) is 0 Å². The zero-order valence-electron chi connectivity index (χ0n) is 30.4. The lowest BCUT2D eigenvalue weighted by Crippen LogP contribution is -2.59. The van der Waals surface area contributed by atoms with Gasteiger partial charge in [-0.3, -0.25) is 9.59 Å². The number of hydrogen-bond donors (Lipinski definition) is 4. The van der Waals surface area contributed by atoms with Gasteiger partial charge in [0.25, 0.3) is 0 Å². The van der Waals surface area contributed by atoms with Crippen LogP contribution in [0.2, 0.25) is 0 Å². The lowest BCUT2D eigenvalue weighted by atomic mass is 9.99. The number of hydrogen-bond acceptors (Lipinski definition) is 10. The fourth-order valence-electron chi connectivity index (χ4n) is 5.49. The standard InChI is InChI=1S/C39H68O10/c1-3-5-7-9-11-13-14-15-16-17-18-20-21-23-25-27-34(41)46-30-32(31-47-39-38(45)37(44)36(43)33(29-40)49-39)48-35(42)28-26-24-22-19-12-10-8-6-4-2/h5,7,11,13,15-16,32-33,36-40,43-45H,3-4,6,8-10,12,14,17-31H2,1-2H3/b7-5+,13-11+,16-15+/t32-,33-,36+,37?,38?,39-/m0/s1. The molecule has 49 heavy (non-hydrogen) atoms. The van der Waals surface area contributed by atoms with Gasteiger partial charge in [-0.25, -0.2) is 0 Å². The third-order valence-electron chi connectivity index (χ3n) is 8.54. The van der Waals surface area contributed by atoms with Crippen molar-refractivity contribution in [3.63, 3.8) is 0 Å². The van der Waals surface area contributed by atoms with E-state index in [9.17, 15) is 30.0 Å². The van der Waals surface area contributed by atoms with Crippen LogP contribution in [0.25, 0.3) is 0 Å². The summed E-state index contributed by atoms with van der Waals surface area (Å²) in [7, 11) is 0. The maximum absolute atomic E-state index is 12.6. The first-order valence-corrected chi connectivity index (χ1v) is 19.1. The van der Waals surface area contributed by atoms with Crippen molar-refractivity contribution >= 4 is 11.9 Å². The van der Waals surface area contributed by atoms with Gasteiger partial charge >= 0.3 is 11.9 Å². The predicted molar refractivity (Wildman–Crippen MR) is 192 cm³/mol. The number of ether oxygens (including phenoxy) is 4. The van der Waals surface area contributed by atoms with Gasteiger partial charge in [0.2, 0.25) is 0 Å². The molecule has 1 fully saturated rings. The highest BCUT2D eigenvalue weighted by Crippen LogP contribution is 2.22. The van der Waals surface area contributed by atoms with Crippen LogP contribution in [0.3, 0.4) is 0 Å². The number of allylic oxidation sites excluding steroid dienone is 6. The summed E-state index contributed by atoms with van der Waals surface area (Å²) < 4.78 is 22.0. The van der Waals surface area contributed by atoms with Crippen LogP contribution in [0, 0.1) is 0 Å². The summed E-state index contributed by atoms with van der Waals surface area (Å²) in [5.41, 5.74) is 0. The Hall–Kier alpha value is -2.08. The lowest BCUT2D eigenvalue weighted by Gasteiger charge is -2.39. The number of esters is 2. The monoisotopic (exact) mass is 696 g/mol. The minimum Gasteiger partial charge on any atom is -0.462 e. The molecule has 2 unspecified atom stereocenters. The van der Waals surface area contributed by atoms with Crippen LogP contribution in [0.1, 0.15) is 142 Å². The van der Waals surface area contributed by atoms with Crippen molar-refractivity contribution in [2.75, 3.05) is 19.8 Å². The Kier molecular flexibility index (Phi) is 28.2. The van der Waals surface area contributed by atoms with Gasteiger partial charge in [0.1, 0.15) is 31.0 Å². The quantitative estimate of drug-likeness (QED) is 0.0360. The first kappa shape index (κ1) is 44.9. The molecule has 0 aliphatic carbocycles. The highest BCUT2D eigenvalue weighted by molar-refractivity contribution is 5.70. The second kappa shape index (κ2) is 30.7. The molecule has 4 N–H and O–H groups in total. The second-order valence-electron chi connectivity index (χ2n) is 13.0. The molecule has 1 heterocycles. The number of aliphatic hydroxyl groups excluding tert-OH is 4. The van der Waals surface area contributed by atoms with Crippen molar-refractivity contribution in [1.82, 2.24) is 0 Å². The molecule has 1 saturated heterocycles. The summed E-state index contributed by atoms with van der Waals surface area (Å²) in [5, 5.41) is 39.8. The van der Waals surface area contributed by atoms with Gasteiger partial charge in [-0.15, -0.1) is 0 Å². The Morgan fingerprint density at radius 2 is 1.20 bits per heavy atom. The molecule has 1 aliphatic heterocycles. The van der Waals surface area contributed by atoms with Crippen LogP contribution in [0.4, 0.5) is 0 Å². The van der Waals surface area contributed by atoms with Crippen molar-refractivity contribution in [3.05, 3.63) is 36.5 Å². The number of carbonyl (C=O) groups is 2. The molecule has 0 radical (unpaired) electrons. The molecule has 284 valence electrons. The summed E-state index contributed by atoms with van der Waals surface area (Å²) >= 11 is 0. The Morgan fingerprint density at radius 3 is 1.82 bits per heavy atom. The average molecular weight is 697 g/mol. The SMILES string of the molecule is CC/C=C/C/C=C/C/C=C/CCCCCCCC(=O)OC[C@@H](CO[C@H]1O[C@@H](CO)[C@@H](O)C(O)C1O)OC(=O)CCCCCCCCCCC. The third-order valence-corrected chi connectivity index (χ3v) is 8.54. The maximum atomic E-state index is 12.6. The minimum atomic E-state index is -1.59. The molecule has 0 amide bonds. The lowest BCUT2D eigenvalue weighted by molar-refractivity contribution is -0.305. The second-order valence-corrected chi connectivity index (χ2v) is 13.0. The van der Waals surface area contributed by atoms with Crippen molar-refractivity contribution < 1.29 is 49.0 Å². The molecule has 10 nitrogen and oxygen atoms in total. The molecule has 6 atom stereocenters. The number of rotatable bonds is 30. The van der Waals surface area contributed by atoms with Gasteiger partial charge in [-0.1, -0.05) is 121 Å². The fourth-order valence-corrected chi connectivity index (χ4v) is 5.49. The number of unbranched alkanes of at least 4 members (excludes halogenated alkanes) is 13. The van der Waals surface area contributed by atoms with E-state index in [1.807, 2.05) is 0 Å². The maximum Gasteiger partial charge on any atom is 0.306 e. The van der Waals surface area contributed by atoms with Crippen LogP contribution in [0.5, 0.6) is 0 Å². The van der Waals surface area contributed by atoms with Crippen LogP contribution in [-0.4, -0.2) is 89.0 Å². The molecule has 0 aromatic carbocycles. The normalized spacial score (nSPS) is 22.0. The first-order valence-electron chi connectivity index (χ1n) is 19.1. The van der Waals surface area contributed by atoms with Crippen LogP contribution in [0.15, 0.2) is 36.5 Å². The van der Waals surface area contributed by atoms with Gasteiger partial charge in [-0.05, 0) is 44.9 Å². The van der Waals surface area contributed by atoms with E-state index in [1.54, 1.807) is 0 Å². The van der Waals surface area contributed by atoms with Gasteiger partial charge in [0.05, 0.1) is 13.2 Å². The molecule has 0 aromatic rings. The summed E-state index contributed by atoms with van der Waals surface area (Å²) in [6, 6.07) is 0. The van der Waals surface area contributed by atoms with E-state index in [4.69, 9.17) is 18.9 Å². The van der Waals surface area contributed by atoms with Crippen LogP contribution >= 0.6 is 0 Å². The van der Waals surface area contributed by atoms with Crippen LogP contribution in [-0.2, 0) is 28.5 Å². The van der Waals surface area contributed by atoms with Crippen molar-refractivity contribution in [2.45, 2.75) is 179 Å². The van der Waals surface area contributed by atoms with E-state index in [0.29, 0.717) is 12.8 Å². The smallest absolute Gasteiger partial charge is 0.306 e. The van der Waals surface area contributed by atoms with Gasteiger partial charge in [0.15, 0.2) is 12.4 Å². The van der Waals surface area contributed by atoms with Gasteiger partial charge in [-0.2, -0.15) is 0 Å². The van der Waals surface area contributed by atoms with Crippen molar-refractivity contribution in [1.29, 1.82) is 0 Å². The van der Waals surface area contributed by atoms with E-state index in [0.717, 1.165) is 70.6 Å².